The average Bonchev–Trinajstić information content (AvgIpc) is 3.01. The Morgan fingerprint density at radius 2 is 0.651 bits per heavy atom. The van der Waals surface area contributed by atoms with E-state index >= 15 is 0 Å². The number of ether oxygens (including phenoxy) is 13. The zero-order valence-electron chi connectivity index (χ0n) is 26.2. The van der Waals surface area contributed by atoms with E-state index in [1.54, 1.807) is 6.92 Å². The summed E-state index contributed by atoms with van der Waals surface area (Å²) in [6.45, 7) is 16.9. The van der Waals surface area contributed by atoms with E-state index in [4.69, 9.17) is 61.6 Å². The number of esters is 1. The Hall–Kier alpha value is -1.43. The van der Waals surface area contributed by atoms with Crippen LogP contribution in [0.2, 0.25) is 0 Å². The Kier molecular flexibility index (Phi) is 37.3. The second kappa shape index (κ2) is 38.6. The first-order chi connectivity index (χ1) is 21.3. The van der Waals surface area contributed by atoms with Gasteiger partial charge in [-0.2, -0.15) is 0 Å². The first kappa shape index (κ1) is 41.6. The lowest BCUT2D eigenvalue weighted by Gasteiger charge is -2.09. The zero-order chi connectivity index (χ0) is 31.2. The summed E-state index contributed by atoms with van der Waals surface area (Å²) in [6.07, 6.45) is 1.65. The van der Waals surface area contributed by atoms with Gasteiger partial charge in [0.15, 0.2) is 0 Å². The lowest BCUT2D eigenvalue weighted by atomic mass is 10.5. The van der Waals surface area contributed by atoms with Crippen molar-refractivity contribution in [3.8, 4) is 0 Å². The van der Waals surface area contributed by atoms with Gasteiger partial charge in [0.2, 0.25) is 0 Å². The first-order valence-electron chi connectivity index (χ1n) is 15.0. The Balaban J connectivity index is 3.05. The van der Waals surface area contributed by atoms with Crippen LogP contribution in [-0.4, -0.2) is 165 Å². The maximum atomic E-state index is 11.1. The van der Waals surface area contributed by atoms with Crippen molar-refractivity contribution in [3.05, 3.63) is 12.8 Å². The van der Waals surface area contributed by atoms with Crippen molar-refractivity contribution in [1.82, 2.24) is 0 Å². The fourth-order valence-electron chi connectivity index (χ4n) is 2.88. The monoisotopic (exact) mass is 628 g/mol. The largest absolute Gasteiger partial charge is 0.499 e. The maximum absolute atomic E-state index is 11.1. The fraction of sp³-hybridized carbons (Fsp3) is 0.897. The minimum absolute atomic E-state index is 0.252. The molecule has 0 aromatic carbocycles. The molecule has 0 bridgehead atoms. The van der Waals surface area contributed by atoms with Crippen LogP contribution in [0, 0.1) is 0 Å². The third-order valence-electron chi connectivity index (χ3n) is 4.94. The predicted molar refractivity (Wildman–Crippen MR) is 156 cm³/mol. The highest BCUT2D eigenvalue weighted by atomic mass is 16.6. The van der Waals surface area contributed by atoms with Crippen LogP contribution in [0.5, 0.6) is 0 Å². The van der Waals surface area contributed by atoms with Gasteiger partial charge in [0.1, 0.15) is 6.61 Å². The minimum atomic E-state index is -0.252. The molecule has 0 saturated carbocycles. The van der Waals surface area contributed by atoms with E-state index in [1.165, 1.54) is 6.26 Å². The lowest BCUT2D eigenvalue weighted by molar-refractivity contribution is -0.144. The minimum Gasteiger partial charge on any atom is -0.499 e. The van der Waals surface area contributed by atoms with Crippen molar-refractivity contribution in [1.29, 1.82) is 0 Å². The van der Waals surface area contributed by atoms with E-state index in [0.29, 0.717) is 159 Å². The summed E-state index contributed by atoms with van der Waals surface area (Å²) in [5.41, 5.74) is 0. The summed E-state index contributed by atoms with van der Waals surface area (Å²) in [4.78, 5) is 11.1. The second-order valence-corrected chi connectivity index (χ2v) is 8.33. The topological polar surface area (TPSA) is 137 Å². The molecule has 0 aliphatic rings. The molecule has 0 heterocycles. The second-order valence-electron chi connectivity index (χ2n) is 8.33. The molecule has 43 heavy (non-hydrogen) atoms. The van der Waals surface area contributed by atoms with Crippen molar-refractivity contribution >= 4 is 5.97 Å². The van der Waals surface area contributed by atoms with Crippen LogP contribution in [0.1, 0.15) is 13.3 Å². The predicted octanol–water partition coefficient (Wildman–Crippen LogP) is 1.28. The Morgan fingerprint density at radius 3 is 0.884 bits per heavy atom. The molecule has 256 valence electrons. The van der Waals surface area contributed by atoms with Crippen LogP contribution >= 0.6 is 0 Å². The summed E-state index contributed by atoms with van der Waals surface area (Å²) in [7, 11) is 0. The molecule has 0 N–H and O–H groups in total. The standard InChI is InChI=1S/C29H56O14/c1-3-31-7-8-33-11-12-35-15-16-37-19-20-39-23-24-41-27-28-42-26-25-40-22-21-38-18-17-36-14-13-34-10-9-32-6-5-29(30)43-4-2/h3H,1,4-28H2,2H3. The van der Waals surface area contributed by atoms with Crippen LogP contribution < -0.4 is 0 Å². The first-order valence-corrected chi connectivity index (χ1v) is 15.0. The molecule has 0 radical (unpaired) electrons. The van der Waals surface area contributed by atoms with Gasteiger partial charge in [0, 0.05) is 0 Å². The summed E-state index contributed by atoms with van der Waals surface area (Å²) in [5, 5.41) is 0. The highest BCUT2D eigenvalue weighted by Crippen LogP contribution is 1.90. The lowest BCUT2D eigenvalue weighted by Crippen LogP contribution is -2.15. The van der Waals surface area contributed by atoms with Crippen molar-refractivity contribution in [2.45, 2.75) is 13.3 Å². The summed E-state index contributed by atoms with van der Waals surface area (Å²) < 4.78 is 69.3. The van der Waals surface area contributed by atoms with Crippen LogP contribution in [0.15, 0.2) is 12.8 Å². The van der Waals surface area contributed by atoms with Gasteiger partial charge in [-0.1, -0.05) is 6.58 Å². The number of rotatable bonds is 38. The molecule has 0 aromatic heterocycles. The van der Waals surface area contributed by atoms with Gasteiger partial charge in [0.25, 0.3) is 0 Å². The molecule has 0 saturated heterocycles. The Bertz CT molecular complexity index is 555. The van der Waals surface area contributed by atoms with E-state index < -0.39 is 0 Å². The van der Waals surface area contributed by atoms with Crippen LogP contribution in [-0.2, 0) is 66.4 Å². The molecule has 0 aliphatic carbocycles. The van der Waals surface area contributed by atoms with Gasteiger partial charge in [-0.15, -0.1) is 0 Å². The molecule has 0 atom stereocenters. The van der Waals surface area contributed by atoms with Gasteiger partial charge in [-0.25, -0.2) is 0 Å². The zero-order valence-corrected chi connectivity index (χ0v) is 26.2. The van der Waals surface area contributed by atoms with Gasteiger partial charge in [-0.05, 0) is 6.92 Å². The fourth-order valence-corrected chi connectivity index (χ4v) is 2.88. The summed E-state index contributed by atoms with van der Waals surface area (Å²) in [6, 6.07) is 0. The number of carbonyl (C=O) groups is 1. The van der Waals surface area contributed by atoms with Crippen molar-refractivity contribution in [3.63, 3.8) is 0 Å². The van der Waals surface area contributed by atoms with Gasteiger partial charge in [-0.3, -0.25) is 4.79 Å². The van der Waals surface area contributed by atoms with Gasteiger partial charge < -0.3 is 61.6 Å². The molecule has 0 rings (SSSR count). The molecule has 0 aliphatic heterocycles. The maximum Gasteiger partial charge on any atom is 0.308 e. The molecule has 0 fully saturated rings. The van der Waals surface area contributed by atoms with Crippen LogP contribution in [0.4, 0.5) is 0 Å². The van der Waals surface area contributed by atoms with E-state index in [9.17, 15) is 4.79 Å². The molecular formula is C29H56O14. The highest BCUT2D eigenvalue weighted by molar-refractivity contribution is 5.69. The molecule has 0 amide bonds. The Labute approximate surface area is 257 Å². The van der Waals surface area contributed by atoms with Crippen molar-refractivity contribution < 1.29 is 66.4 Å². The quantitative estimate of drug-likeness (QED) is 0.0551. The molecular weight excluding hydrogens is 572 g/mol. The normalized spacial score (nSPS) is 11.2. The van der Waals surface area contributed by atoms with E-state index in [2.05, 4.69) is 6.58 Å². The van der Waals surface area contributed by atoms with E-state index in [-0.39, 0.29) is 12.4 Å². The molecule has 0 aromatic rings. The van der Waals surface area contributed by atoms with Crippen molar-refractivity contribution in [2.24, 2.45) is 0 Å². The summed E-state index contributed by atoms with van der Waals surface area (Å²) in [5.74, 6) is -0.252. The molecule has 14 nitrogen and oxygen atoms in total. The third-order valence-corrected chi connectivity index (χ3v) is 4.94. The molecule has 0 spiro atoms. The third kappa shape index (κ3) is 38.5. The van der Waals surface area contributed by atoms with Crippen LogP contribution in [0.25, 0.3) is 0 Å². The van der Waals surface area contributed by atoms with Gasteiger partial charge in [0.05, 0.1) is 165 Å². The van der Waals surface area contributed by atoms with Crippen molar-refractivity contribution in [2.75, 3.05) is 159 Å². The average molecular weight is 629 g/mol. The number of hydrogen-bond donors (Lipinski definition) is 0. The molecule has 14 heteroatoms. The number of hydrogen-bond acceptors (Lipinski definition) is 14. The summed E-state index contributed by atoms with van der Waals surface area (Å²) >= 11 is 0. The smallest absolute Gasteiger partial charge is 0.308 e. The highest BCUT2D eigenvalue weighted by Gasteiger charge is 2.01. The van der Waals surface area contributed by atoms with Gasteiger partial charge >= 0.3 is 5.97 Å². The van der Waals surface area contributed by atoms with E-state index in [1.807, 2.05) is 0 Å². The van der Waals surface area contributed by atoms with E-state index in [0.717, 1.165) is 0 Å². The SMILES string of the molecule is C=COCCOCCOCCOCCOCCOCCOCCOCCOCCOCCOCCOCCC(=O)OCC. The molecule has 0 unspecified atom stereocenters. The number of carbonyl (C=O) groups excluding carboxylic acids is 1. The van der Waals surface area contributed by atoms with Crippen LogP contribution in [0.3, 0.4) is 0 Å². The Morgan fingerprint density at radius 1 is 0.419 bits per heavy atom.